The Bertz CT molecular complexity index is 874. The van der Waals surface area contributed by atoms with Crippen molar-refractivity contribution in [3.63, 3.8) is 0 Å². The van der Waals surface area contributed by atoms with Crippen molar-refractivity contribution in [3.8, 4) is 6.07 Å². The molecule has 1 amide bonds. The van der Waals surface area contributed by atoms with Gasteiger partial charge in [0.25, 0.3) is 10.0 Å². The van der Waals surface area contributed by atoms with Crippen molar-refractivity contribution >= 4 is 16.1 Å². The zero-order chi connectivity index (χ0) is 24.5. The first kappa shape index (κ1) is 27.8. The summed E-state index contributed by atoms with van der Waals surface area (Å²) in [6.45, 7) is 9.98. The SMILES string of the molecule is CC[C@H](NC(=O)OC(C)(C)C)[C@H](O)CN(OC(C)CCC#N)S(=O)(=O)c1ccc(C)cc1. The van der Waals surface area contributed by atoms with E-state index >= 15 is 0 Å². The van der Waals surface area contributed by atoms with E-state index in [9.17, 15) is 18.3 Å². The molecule has 0 aliphatic heterocycles. The third kappa shape index (κ3) is 9.12. The Balaban J connectivity index is 3.09. The number of aryl methyl sites for hydroxylation is 1. The number of rotatable bonds is 11. The van der Waals surface area contributed by atoms with Crippen molar-refractivity contribution in [3.05, 3.63) is 29.8 Å². The predicted octanol–water partition coefficient (Wildman–Crippen LogP) is 3.27. The van der Waals surface area contributed by atoms with Gasteiger partial charge in [-0.05, 0) is 59.6 Å². The predicted molar refractivity (Wildman–Crippen MR) is 120 cm³/mol. The molecule has 32 heavy (non-hydrogen) atoms. The van der Waals surface area contributed by atoms with E-state index < -0.39 is 46.5 Å². The molecule has 0 aliphatic carbocycles. The van der Waals surface area contributed by atoms with E-state index in [2.05, 4.69) is 5.32 Å². The summed E-state index contributed by atoms with van der Waals surface area (Å²) in [6.07, 6.45) is -1.71. The molecule has 0 saturated heterocycles. The maximum absolute atomic E-state index is 13.2. The van der Waals surface area contributed by atoms with Gasteiger partial charge in [-0.2, -0.15) is 5.26 Å². The van der Waals surface area contributed by atoms with Gasteiger partial charge in [-0.15, -0.1) is 0 Å². The molecule has 10 heteroatoms. The average Bonchev–Trinajstić information content (AvgIpc) is 2.68. The van der Waals surface area contributed by atoms with Crippen molar-refractivity contribution in [2.45, 2.75) is 89.6 Å². The molecular weight excluding hydrogens is 434 g/mol. The molecule has 0 saturated carbocycles. The van der Waals surface area contributed by atoms with Crippen LogP contribution in [-0.2, 0) is 19.6 Å². The number of hydroxylamine groups is 1. The first-order valence-electron chi connectivity index (χ1n) is 10.6. The van der Waals surface area contributed by atoms with Crippen LogP contribution >= 0.6 is 0 Å². The minimum absolute atomic E-state index is 0.0101. The van der Waals surface area contributed by atoms with Gasteiger partial charge in [-0.3, -0.25) is 4.84 Å². The van der Waals surface area contributed by atoms with Gasteiger partial charge in [0.05, 0.1) is 35.8 Å². The zero-order valence-corrected chi connectivity index (χ0v) is 20.5. The van der Waals surface area contributed by atoms with Gasteiger partial charge in [0, 0.05) is 6.42 Å². The summed E-state index contributed by atoms with van der Waals surface area (Å²) in [5.74, 6) is 0. The second kappa shape index (κ2) is 12.2. The molecule has 1 rings (SSSR count). The summed E-state index contributed by atoms with van der Waals surface area (Å²) >= 11 is 0. The molecule has 2 N–H and O–H groups in total. The molecule has 3 atom stereocenters. The summed E-state index contributed by atoms with van der Waals surface area (Å²) < 4.78 is 32.4. The van der Waals surface area contributed by atoms with Gasteiger partial charge in [0.1, 0.15) is 5.60 Å². The topological polar surface area (TPSA) is 129 Å². The standard InChI is InChI=1S/C22H35N3O6S/c1-7-19(24-21(27)30-22(4,5)6)20(26)15-25(31-17(3)9-8-14-23)32(28,29)18-12-10-16(2)11-13-18/h10-13,17,19-20,26H,7-9,15H2,1-6H3,(H,24,27)/t17?,19-,20+/m0/s1. The van der Waals surface area contributed by atoms with Gasteiger partial charge in [0.15, 0.2) is 0 Å². The van der Waals surface area contributed by atoms with E-state index in [4.69, 9.17) is 14.8 Å². The van der Waals surface area contributed by atoms with Gasteiger partial charge in [0.2, 0.25) is 0 Å². The molecule has 1 aromatic rings. The monoisotopic (exact) mass is 469 g/mol. The molecule has 0 aliphatic rings. The van der Waals surface area contributed by atoms with Crippen molar-refractivity contribution in [2.75, 3.05) is 6.54 Å². The molecule has 0 bridgehead atoms. The molecule has 0 heterocycles. The first-order chi connectivity index (χ1) is 14.8. The number of nitrogens with zero attached hydrogens (tertiary/aromatic N) is 2. The smallest absolute Gasteiger partial charge is 0.407 e. The molecule has 0 radical (unpaired) electrons. The number of ether oxygens (including phenoxy) is 1. The minimum atomic E-state index is -4.11. The largest absolute Gasteiger partial charge is 0.444 e. The minimum Gasteiger partial charge on any atom is -0.444 e. The summed E-state index contributed by atoms with van der Waals surface area (Å²) in [7, 11) is -4.11. The van der Waals surface area contributed by atoms with Gasteiger partial charge >= 0.3 is 6.09 Å². The number of nitrogens with one attached hydrogen (secondary N) is 1. The van der Waals surface area contributed by atoms with E-state index in [1.807, 2.05) is 13.0 Å². The fourth-order valence-corrected chi connectivity index (χ4v) is 4.08. The van der Waals surface area contributed by atoms with Crippen LogP contribution in [0.15, 0.2) is 29.2 Å². The van der Waals surface area contributed by atoms with Crippen molar-refractivity contribution in [1.29, 1.82) is 5.26 Å². The summed E-state index contributed by atoms with van der Waals surface area (Å²) in [4.78, 5) is 17.8. The van der Waals surface area contributed by atoms with Crippen LogP contribution in [0.4, 0.5) is 4.79 Å². The second-order valence-electron chi connectivity index (χ2n) is 8.64. The Morgan fingerprint density at radius 3 is 2.38 bits per heavy atom. The molecule has 0 aromatic heterocycles. The fraction of sp³-hybridized carbons (Fsp3) is 0.636. The molecule has 180 valence electrons. The molecule has 0 spiro atoms. The zero-order valence-electron chi connectivity index (χ0n) is 19.7. The number of alkyl carbamates (subject to hydrolysis) is 1. The van der Waals surface area contributed by atoms with Gasteiger partial charge < -0.3 is 15.2 Å². The quantitative estimate of drug-likeness (QED) is 0.476. The third-order valence-electron chi connectivity index (χ3n) is 4.49. The lowest BCUT2D eigenvalue weighted by atomic mass is 10.1. The Hall–Kier alpha value is -2.19. The van der Waals surface area contributed by atoms with Crippen LogP contribution in [0.5, 0.6) is 0 Å². The second-order valence-corrected chi connectivity index (χ2v) is 10.5. The number of benzene rings is 1. The van der Waals surface area contributed by atoms with Crippen LogP contribution < -0.4 is 5.32 Å². The van der Waals surface area contributed by atoms with E-state index in [1.165, 1.54) is 12.1 Å². The number of carbonyl (C=O) groups excluding carboxylic acids is 1. The van der Waals surface area contributed by atoms with Crippen LogP contribution in [0, 0.1) is 18.3 Å². The molecule has 1 aromatic carbocycles. The van der Waals surface area contributed by atoms with Crippen LogP contribution in [0.25, 0.3) is 0 Å². The Morgan fingerprint density at radius 2 is 1.88 bits per heavy atom. The van der Waals surface area contributed by atoms with Crippen LogP contribution in [0.1, 0.15) is 59.4 Å². The summed E-state index contributed by atoms with van der Waals surface area (Å²) in [5.41, 5.74) is 0.180. The number of amides is 1. The Morgan fingerprint density at radius 1 is 1.28 bits per heavy atom. The highest BCUT2D eigenvalue weighted by atomic mass is 32.2. The summed E-state index contributed by atoms with van der Waals surface area (Å²) in [5, 5.41) is 22.1. The van der Waals surface area contributed by atoms with Crippen molar-refractivity contribution < 1.29 is 27.9 Å². The molecule has 1 unspecified atom stereocenters. The van der Waals surface area contributed by atoms with Crippen LogP contribution in [0.3, 0.4) is 0 Å². The highest BCUT2D eigenvalue weighted by Crippen LogP contribution is 2.20. The fourth-order valence-electron chi connectivity index (χ4n) is 2.76. The van der Waals surface area contributed by atoms with E-state index in [-0.39, 0.29) is 11.3 Å². The van der Waals surface area contributed by atoms with Gasteiger partial charge in [-0.1, -0.05) is 29.1 Å². The van der Waals surface area contributed by atoms with Crippen molar-refractivity contribution in [2.24, 2.45) is 0 Å². The molecular formula is C22H35N3O6S. The Kier molecular flexibility index (Phi) is 10.6. The Labute approximate surface area is 191 Å². The molecule has 9 nitrogen and oxygen atoms in total. The highest BCUT2D eigenvalue weighted by molar-refractivity contribution is 7.89. The average molecular weight is 470 g/mol. The van der Waals surface area contributed by atoms with E-state index in [1.54, 1.807) is 46.8 Å². The number of hydrogen-bond acceptors (Lipinski definition) is 7. The first-order valence-corrected chi connectivity index (χ1v) is 12.0. The maximum Gasteiger partial charge on any atom is 0.407 e. The van der Waals surface area contributed by atoms with Crippen LogP contribution in [0.2, 0.25) is 0 Å². The highest BCUT2D eigenvalue weighted by Gasteiger charge is 2.33. The number of sulfonamides is 1. The number of aliphatic hydroxyl groups excluding tert-OH is 1. The normalized spacial score (nSPS) is 15.0. The number of carbonyl (C=O) groups is 1. The number of aliphatic hydroxyl groups is 1. The van der Waals surface area contributed by atoms with Crippen molar-refractivity contribution in [1.82, 2.24) is 9.79 Å². The number of hydrogen-bond donors (Lipinski definition) is 2. The lowest BCUT2D eigenvalue weighted by Gasteiger charge is -2.30. The maximum atomic E-state index is 13.2. The lowest BCUT2D eigenvalue weighted by molar-refractivity contribution is -0.143. The van der Waals surface area contributed by atoms with Crippen LogP contribution in [-0.4, -0.2) is 54.5 Å². The third-order valence-corrected chi connectivity index (χ3v) is 6.13. The number of nitriles is 1. The van der Waals surface area contributed by atoms with E-state index in [0.717, 1.165) is 10.0 Å². The lowest BCUT2D eigenvalue weighted by Crippen LogP contribution is -2.50. The summed E-state index contributed by atoms with van der Waals surface area (Å²) in [6, 6.07) is 7.49. The van der Waals surface area contributed by atoms with E-state index in [0.29, 0.717) is 12.8 Å². The van der Waals surface area contributed by atoms with Gasteiger partial charge in [-0.25, -0.2) is 13.2 Å². The molecule has 0 fully saturated rings.